The summed E-state index contributed by atoms with van der Waals surface area (Å²) in [5.74, 6) is 0.365. The quantitative estimate of drug-likeness (QED) is 0.781. The first-order valence-corrected chi connectivity index (χ1v) is 7.35. The highest BCUT2D eigenvalue weighted by Gasteiger charge is 2.29. The zero-order valence-electron chi connectivity index (χ0n) is 12.1. The molecular weight excluding hydrogens is 268 g/mol. The lowest BCUT2D eigenvalue weighted by atomic mass is 10.0. The summed E-state index contributed by atoms with van der Waals surface area (Å²) < 4.78 is 0. The van der Waals surface area contributed by atoms with E-state index in [1.165, 1.54) is 0 Å². The van der Waals surface area contributed by atoms with Gasteiger partial charge in [-0.05, 0) is 43.1 Å². The van der Waals surface area contributed by atoms with Crippen LogP contribution in [-0.2, 0) is 4.79 Å². The van der Waals surface area contributed by atoms with Crippen molar-refractivity contribution in [1.82, 2.24) is 10.6 Å². The second kappa shape index (κ2) is 5.73. The van der Waals surface area contributed by atoms with E-state index in [0.717, 1.165) is 24.3 Å². The van der Waals surface area contributed by atoms with Gasteiger partial charge in [-0.15, -0.1) is 0 Å². The third-order valence-corrected chi connectivity index (χ3v) is 4.12. The van der Waals surface area contributed by atoms with Crippen LogP contribution >= 0.6 is 0 Å². The Balaban J connectivity index is 1.64. The second-order valence-corrected chi connectivity index (χ2v) is 5.62. The number of hydrogen-bond donors (Lipinski definition) is 3. The number of rotatable bonds is 3. The fourth-order valence-corrected chi connectivity index (χ4v) is 2.85. The second-order valence-electron chi connectivity index (χ2n) is 5.62. The van der Waals surface area contributed by atoms with E-state index in [0.29, 0.717) is 19.0 Å². The van der Waals surface area contributed by atoms with Gasteiger partial charge >= 0.3 is 6.03 Å². The summed E-state index contributed by atoms with van der Waals surface area (Å²) in [5, 5.41) is 8.90. The van der Waals surface area contributed by atoms with Crippen molar-refractivity contribution in [3.05, 3.63) is 24.3 Å². The predicted molar refractivity (Wildman–Crippen MR) is 81.4 cm³/mol. The molecule has 0 aromatic heterocycles. The van der Waals surface area contributed by atoms with Crippen molar-refractivity contribution >= 4 is 23.3 Å². The lowest BCUT2D eigenvalue weighted by Gasteiger charge is -2.17. The smallest absolute Gasteiger partial charge is 0.321 e. The zero-order chi connectivity index (χ0) is 14.8. The normalized spacial score (nSPS) is 25.0. The minimum atomic E-state index is -0.117. The van der Waals surface area contributed by atoms with Crippen LogP contribution in [0.3, 0.4) is 0 Å². The first-order chi connectivity index (χ1) is 10.1. The van der Waals surface area contributed by atoms with E-state index in [1.54, 1.807) is 4.90 Å². The van der Waals surface area contributed by atoms with E-state index < -0.39 is 0 Å². The standard InChI is InChI=1S/C15H20N4O2/c1-10-6-7-16-13(10)14(20)18-11-2-4-12(5-3-11)19-9-8-17-15(19)21/h2-5,10,13,16H,6-9H2,1H3,(H,17,21)(H,18,20). The number of amides is 3. The molecule has 0 radical (unpaired) electrons. The van der Waals surface area contributed by atoms with Crippen molar-refractivity contribution in [1.29, 1.82) is 0 Å². The first-order valence-electron chi connectivity index (χ1n) is 7.35. The average Bonchev–Trinajstić information content (AvgIpc) is 3.08. The number of nitrogens with one attached hydrogen (secondary N) is 3. The Bertz CT molecular complexity index is 543. The van der Waals surface area contributed by atoms with Crippen LogP contribution in [0, 0.1) is 5.92 Å². The van der Waals surface area contributed by atoms with Crippen molar-refractivity contribution in [3.8, 4) is 0 Å². The minimum absolute atomic E-state index is 0.00617. The topological polar surface area (TPSA) is 73.5 Å². The SMILES string of the molecule is CC1CCNC1C(=O)Nc1ccc(N2CCNC2=O)cc1. The molecule has 0 aliphatic carbocycles. The zero-order valence-corrected chi connectivity index (χ0v) is 12.1. The Labute approximate surface area is 123 Å². The molecule has 2 heterocycles. The highest BCUT2D eigenvalue weighted by Crippen LogP contribution is 2.21. The predicted octanol–water partition coefficient (Wildman–Crippen LogP) is 1.15. The first kappa shape index (κ1) is 13.9. The van der Waals surface area contributed by atoms with E-state index in [9.17, 15) is 9.59 Å². The van der Waals surface area contributed by atoms with E-state index in [-0.39, 0.29) is 18.0 Å². The molecule has 0 bridgehead atoms. The summed E-state index contributed by atoms with van der Waals surface area (Å²) in [6.07, 6.45) is 1.03. The molecule has 6 heteroatoms. The molecule has 0 spiro atoms. The van der Waals surface area contributed by atoms with Gasteiger partial charge in [0.15, 0.2) is 0 Å². The summed E-state index contributed by atoms with van der Waals surface area (Å²) in [7, 11) is 0. The van der Waals surface area contributed by atoms with Crippen molar-refractivity contribution in [3.63, 3.8) is 0 Å². The van der Waals surface area contributed by atoms with Crippen LogP contribution < -0.4 is 20.9 Å². The third kappa shape index (κ3) is 2.85. The van der Waals surface area contributed by atoms with Gasteiger partial charge in [-0.3, -0.25) is 9.69 Å². The molecule has 2 aliphatic rings. The Morgan fingerprint density at radius 1 is 1.29 bits per heavy atom. The van der Waals surface area contributed by atoms with Crippen LogP contribution in [0.1, 0.15) is 13.3 Å². The number of hydrogen-bond acceptors (Lipinski definition) is 3. The molecule has 2 saturated heterocycles. The summed E-state index contributed by atoms with van der Waals surface area (Å²) >= 11 is 0. The molecule has 6 nitrogen and oxygen atoms in total. The molecule has 2 fully saturated rings. The number of benzene rings is 1. The van der Waals surface area contributed by atoms with Crippen LogP contribution in [0.4, 0.5) is 16.2 Å². The van der Waals surface area contributed by atoms with Crippen molar-refractivity contribution in [2.24, 2.45) is 5.92 Å². The number of urea groups is 1. The molecule has 112 valence electrons. The van der Waals surface area contributed by atoms with Gasteiger partial charge in [0.1, 0.15) is 0 Å². The maximum atomic E-state index is 12.2. The average molecular weight is 288 g/mol. The van der Waals surface area contributed by atoms with Gasteiger partial charge in [0.05, 0.1) is 6.04 Å². The largest absolute Gasteiger partial charge is 0.336 e. The fourth-order valence-electron chi connectivity index (χ4n) is 2.85. The maximum Gasteiger partial charge on any atom is 0.321 e. The molecule has 21 heavy (non-hydrogen) atoms. The lowest BCUT2D eigenvalue weighted by Crippen LogP contribution is -2.39. The maximum absolute atomic E-state index is 12.2. The van der Waals surface area contributed by atoms with Crippen LogP contribution in [0.2, 0.25) is 0 Å². The van der Waals surface area contributed by atoms with Crippen molar-refractivity contribution in [2.75, 3.05) is 29.9 Å². The van der Waals surface area contributed by atoms with Gasteiger partial charge in [-0.1, -0.05) is 6.92 Å². The highest BCUT2D eigenvalue weighted by atomic mass is 16.2. The molecule has 2 atom stereocenters. The summed E-state index contributed by atoms with van der Waals surface area (Å²) in [6, 6.07) is 7.18. The Morgan fingerprint density at radius 3 is 2.62 bits per heavy atom. The van der Waals surface area contributed by atoms with Crippen molar-refractivity contribution in [2.45, 2.75) is 19.4 Å². The van der Waals surface area contributed by atoms with Crippen LogP contribution in [0.15, 0.2) is 24.3 Å². The molecule has 1 aromatic carbocycles. The molecule has 1 aromatic rings. The van der Waals surface area contributed by atoms with Gasteiger partial charge in [0, 0.05) is 24.5 Å². The Kier molecular flexibility index (Phi) is 3.79. The lowest BCUT2D eigenvalue weighted by molar-refractivity contribution is -0.118. The van der Waals surface area contributed by atoms with E-state index >= 15 is 0 Å². The number of anilines is 2. The van der Waals surface area contributed by atoms with Gasteiger partial charge in [-0.2, -0.15) is 0 Å². The molecule has 2 unspecified atom stereocenters. The van der Waals surface area contributed by atoms with Crippen LogP contribution in [0.5, 0.6) is 0 Å². The molecule has 3 rings (SSSR count). The van der Waals surface area contributed by atoms with Crippen LogP contribution in [0.25, 0.3) is 0 Å². The molecule has 3 amide bonds. The summed E-state index contributed by atoms with van der Waals surface area (Å²) in [6.45, 7) is 4.32. The van der Waals surface area contributed by atoms with Gasteiger partial charge in [0.2, 0.25) is 5.91 Å². The monoisotopic (exact) mass is 288 g/mol. The van der Waals surface area contributed by atoms with Gasteiger partial charge < -0.3 is 16.0 Å². The van der Waals surface area contributed by atoms with E-state index in [1.807, 2.05) is 24.3 Å². The number of carbonyl (C=O) groups excluding carboxylic acids is 2. The Hall–Kier alpha value is -2.08. The van der Waals surface area contributed by atoms with E-state index in [2.05, 4.69) is 22.9 Å². The molecular formula is C15H20N4O2. The van der Waals surface area contributed by atoms with Crippen LogP contribution in [-0.4, -0.2) is 37.6 Å². The highest BCUT2D eigenvalue weighted by molar-refractivity contribution is 5.96. The van der Waals surface area contributed by atoms with Gasteiger partial charge in [0.25, 0.3) is 0 Å². The number of nitrogens with zero attached hydrogens (tertiary/aromatic N) is 1. The molecule has 3 N–H and O–H groups in total. The van der Waals surface area contributed by atoms with Crippen molar-refractivity contribution < 1.29 is 9.59 Å². The molecule has 0 saturated carbocycles. The summed E-state index contributed by atoms with van der Waals surface area (Å²) in [5.41, 5.74) is 1.60. The fraction of sp³-hybridized carbons (Fsp3) is 0.467. The third-order valence-electron chi connectivity index (χ3n) is 4.12. The number of carbonyl (C=O) groups is 2. The van der Waals surface area contributed by atoms with E-state index in [4.69, 9.17) is 0 Å². The molecule has 2 aliphatic heterocycles. The Morgan fingerprint density at radius 2 is 2.05 bits per heavy atom. The van der Waals surface area contributed by atoms with Gasteiger partial charge in [-0.25, -0.2) is 4.79 Å². The minimum Gasteiger partial charge on any atom is -0.336 e. The summed E-state index contributed by atoms with van der Waals surface area (Å²) in [4.78, 5) is 25.4.